The zero-order valence-corrected chi connectivity index (χ0v) is 27.6. The summed E-state index contributed by atoms with van der Waals surface area (Å²) in [5.74, 6) is -1.27. The number of rotatable bonds is 20. The maximum atomic E-state index is 13.5. The molecule has 43 heavy (non-hydrogen) atoms. The van der Waals surface area contributed by atoms with Gasteiger partial charge in [0.15, 0.2) is 0 Å². The minimum Gasteiger partial charge on any atom is -0.464 e. The number of nitrogens with zero attached hydrogens (tertiary/aromatic N) is 2. The first-order valence-electron chi connectivity index (χ1n) is 16.2. The van der Waals surface area contributed by atoms with Crippen molar-refractivity contribution in [2.45, 2.75) is 142 Å². The second kappa shape index (κ2) is 20.3. The molecule has 11 heteroatoms. The monoisotopic (exact) mass is 622 g/mol. The van der Waals surface area contributed by atoms with E-state index in [9.17, 15) is 19.2 Å². The van der Waals surface area contributed by atoms with E-state index in [0.717, 1.165) is 19.3 Å². The Morgan fingerprint density at radius 2 is 1.63 bits per heavy atom. The van der Waals surface area contributed by atoms with Crippen molar-refractivity contribution in [1.29, 1.82) is 0 Å². The average Bonchev–Trinajstić information content (AvgIpc) is 3.65. The molecule has 2 rings (SSSR count). The van der Waals surface area contributed by atoms with Gasteiger partial charge in [0.05, 0.1) is 17.8 Å². The van der Waals surface area contributed by atoms with Crippen LogP contribution in [0, 0.1) is 0 Å². The van der Waals surface area contributed by atoms with E-state index >= 15 is 0 Å². The van der Waals surface area contributed by atoms with E-state index in [1.54, 1.807) is 26.3 Å². The van der Waals surface area contributed by atoms with Gasteiger partial charge in [-0.15, -0.1) is 11.3 Å². The van der Waals surface area contributed by atoms with Crippen LogP contribution in [-0.4, -0.2) is 71.1 Å². The predicted octanol–water partition coefficient (Wildman–Crippen LogP) is 5.93. The summed E-state index contributed by atoms with van der Waals surface area (Å²) in [7, 11) is 0. The third kappa shape index (κ3) is 15.6. The van der Waals surface area contributed by atoms with Crippen LogP contribution in [0.25, 0.3) is 0 Å². The van der Waals surface area contributed by atoms with Gasteiger partial charge >= 0.3 is 12.1 Å². The van der Waals surface area contributed by atoms with E-state index in [1.807, 2.05) is 5.38 Å². The Morgan fingerprint density at radius 3 is 2.21 bits per heavy atom. The van der Waals surface area contributed by atoms with Crippen LogP contribution in [0.1, 0.15) is 123 Å². The lowest BCUT2D eigenvalue weighted by molar-refractivity contribution is -0.145. The highest BCUT2D eigenvalue weighted by atomic mass is 32.1. The van der Waals surface area contributed by atoms with Crippen molar-refractivity contribution < 1.29 is 28.7 Å². The molecule has 2 N–H and O–H groups in total. The lowest BCUT2D eigenvalue weighted by Gasteiger charge is -2.29. The number of likely N-dealkylation sites (tertiary alicyclic amines) is 1. The van der Waals surface area contributed by atoms with Gasteiger partial charge in [0.25, 0.3) is 0 Å². The Balaban J connectivity index is 1.69. The fourth-order valence-corrected chi connectivity index (χ4v) is 5.73. The van der Waals surface area contributed by atoms with E-state index in [4.69, 9.17) is 9.47 Å². The molecule has 1 aromatic heterocycles. The number of hydrogen-bond acceptors (Lipinski definition) is 8. The van der Waals surface area contributed by atoms with Crippen molar-refractivity contribution in [2.24, 2.45) is 0 Å². The minimum atomic E-state index is -0.939. The summed E-state index contributed by atoms with van der Waals surface area (Å²) in [5.41, 5.74) is 1.60. The highest BCUT2D eigenvalue weighted by molar-refractivity contribution is 7.07. The fraction of sp³-hybridized carbons (Fsp3) is 0.781. The predicted molar refractivity (Wildman–Crippen MR) is 169 cm³/mol. The van der Waals surface area contributed by atoms with Crippen LogP contribution in [0.3, 0.4) is 0 Å². The first kappa shape index (κ1) is 36.5. The second-order valence-electron chi connectivity index (χ2n) is 12.4. The lowest BCUT2D eigenvalue weighted by atomic mass is 10.1. The third-order valence-corrected chi connectivity index (χ3v) is 8.03. The van der Waals surface area contributed by atoms with Crippen LogP contribution < -0.4 is 10.6 Å². The number of esters is 1. The first-order valence-corrected chi connectivity index (χ1v) is 17.2. The molecule has 2 heterocycles. The van der Waals surface area contributed by atoms with E-state index in [2.05, 4.69) is 22.5 Å². The van der Waals surface area contributed by atoms with E-state index in [0.29, 0.717) is 31.7 Å². The second-order valence-corrected chi connectivity index (χ2v) is 13.1. The van der Waals surface area contributed by atoms with Crippen LogP contribution in [0.4, 0.5) is 4.79 Å². The zero-order chi connectivity index (χ0) is 31.5. The quantitative estimate of drug-likeness (QED) is 0.136. The summed E-state index contributed by atoms with van der Waals surface area (Å²) >= 11 is 1.40. The number of thiazole rings is 1. The van der Waals surface area contributed by atoms with Crippen molar-refractivity contribution in [3.05, 3.63) is 16.6 Å². The Morgan fingerprint density at radius 1 is 1.00 bits per heavy atom. The Hall–Kier alpha value is -2.69. The van der Waals surface area contributed by atoms with Gasteiger partial charge in [-0.3, -0.25) is 14.4 Å². The molecule has 0 aromatic carbocycles. The maximum absolute atomic E-state index is 13.5. The van der Waals surface area contributed by atoms with Gasteiger partial charge in [0, 0.05) is 18.3 Å². The number of unbranched alkanes of at least 4 members (excludes halogenated alkanes) is 11. The van der Waals surface area contributed by atoms with Crippen molar-refractivity contribution in [1.82, 2.24) is 20.5 Å². The summed E-state index contributed by atoms with van der Waals surface area (Å²) in [4.78, 5) is 56.9. The fourth-order valence-electron chi connectivity index (χ4n) is 5.16. The van der Waals surface area contributed by atoms with Crippen molar-refractivity contribution in [2.75, 3.05) is 19.7 Å². The first-order chi connectivity index (χ1) is 20.6. The number of hydrogen-bond donors (Lipinski definition) is 2. The highest BCUT2D eigenvalue weighted by Gasteiger charge is 2.38. The minimum absolute atomic E-state index is 0.178. The van der Waals surface area contributed by atoms with Gasteiger partial charge < -0.3 is 25.0 Å². The number of amides is 3. The normalized spacial score (nSPS) is 15.6. The summed E-state index contributed by atoms with van der Waals surface area (Å²) in [5, 5.41) is 7.11. The molecule has 0 spiro atoms. The van der Waals surface area contributed by atoms with Gasteiger partial charge in [-0.1, -0.05) is 77.6 Å². The number of nitrogens with one attached hydrogen (secondary N) is 2. The average molecular weight is 623 g/mol. The maximum Gasteiger partial charge on any atom is 0.408 e. The van der Waals surface area contributed by atoms with Gasteiger partial charge in [-0.2, -0.15) is 0 Å². The molecule has 0 aliphatic carbocycles. The largest absolute Gasteiger partial charge is 0.464 e. The van der Waals surface area contributed by atoms with Crippen molar-refractivity contribution >= 4 is 35.2 Å². The molecule has 0 bridgehead atoms. The van der Waals surface area contributed by atoms with E-state index in [1.165, 1.54) is 74.0 Å². The van der Waals surface area contributed by atoms with E-state index < -0.39 is 35.7 Å². The molecule has 3 amide bonds. The van der Waals surface area contributed by atoms with Gasteiger partial charge in [0.1, 0.15) is 24.2 Å². The molecule has 1 aromatic rings. The molecular weight excluding hydrogens is 568 g/mol. The molecule has 2 atom stereocenters. The summed E-state index contributed by atoms with van der Waals surface area (Å²) < 4.78 is 10.7. The van der Waals surface area contributed by atoms with Gasteiger partial charge in [0.2, 0.25) is 11.8 Å². The van der Waals surface area contributed by atoms with Gasteiger partial charge in [-0.05, 0) is 40.0 Å². The lowest BCUT2D eigenvalue weighted by Crippen LogP contribution is -2.55. The molecule has 0 saturated carbocycles. The number of carbonyl (C=O) groups is 4. The third-order valence-electron chi connectivity index (χ3n) is 7.39. The molecular formula is C32H54N4O6S. The zero-order valence-electron chi connectivity index (χ0n) is 26.8. The van der Waals surface area contributed by atoms with Crippen molar-refractivity contribution in [3.63, 3.8) is 0 Å². The molecule has 1 unspecified atom stereocenters. The van der Waals surface area contributed by atoms with Crippen LogP contribution in [0.15, 0.2) is 10.9 Å². The standard InChI is InChI=1S/C32H54N4O6S/c1-5-6-7-8-9-10-11-12-13-14-15-16-20-41-28(37)22-33-29(38)27-18-17-19-36(27)30(39)26(21-25-23-43-24-34-25)35-31(40)42-32(2,3)4/h23-24,26-27H,5-22H2,1-4H3,(H,33,38)(H,35,40)/t26?,27-/m0/s1. The van der Waals surface area contributed by atoms with E-state index in [-0.39, 0.29) is 18.9 Å². The molecule has 244 valence electrons. The SMILES string of the molecule is CCCCCCCCCCCCCCOC(=O)CNC(=O)[C@@H]1CCCN1C(=O)C(Cc1cscn1)NC(=O)OC(C)(C)C. The number of ether oxygens (including phenoxy) is 2. The number of alkyl carbamates (subject to hydrolysis) is 1. The molecule has 10 nitrogen and oxygen atoms in total. The highest BCUT2D eigenvalue weighted by Crippen LogP contribution is 2.20. The Bertz CT molecular complexity index is 966. The number of aromatic nitrogens is 1. The van der Waals surface area contributed by atoms with Crippen LogP contribution >= 0.6 is 11.3 Å². The molecule has 1 aliphatic heterocycles. The van der Waals surface area contributed by atoms with Crippen LogP contribution in [0.5, 0.6) is 0 Å². The Kier molecular flexibility index (Phi) is 17.2. The molecule has 1 fully saturated rings. The molecule has 0 radical (unpaired) electrons. The Labute approximate surface area is 262 Å². The number of carbonyl (C=O) groups excluding carboxylic acids is 4. The smallest absolute Gasteiger partial charge is 0.408 e. The van der Waals surface area contributed by atoms with Crippen molar-refractivity contribution in [3.8, 4) is 0 Å². The van der Waals surface area contributed by atoms with Crippen LogP contribution in [-0.2, 0) is 30.3 Å². The molecule has 1 aliphatic rings. The summed E-state index contributed by atoms with van der Waals surface area (Å²) in [6.07, 6.45) is 15.4. The summed E-state index contributed by atoms with van der Waals surface area (Å²) in [6, 6.07) is -1.67. The van der Waals surface area contributed by atoms with Crippen LogP contribution in [0.2, 0.25) is 0 Å². The topological polar surface area (TPSA) is 127 Å². The molecule has 1 saturated heterocycles. The summed E-state index contributed by atoms with van der Waals surface area (Å²) in [6.45, 7) is 7.95. The van der Waals surface area contributed by atoms with Gasteiger partial charge in [-0.25, -0.2) is 9.78 Å².